The van der Waals surface area contributed by atoms with E-state index in [9.17, 15) is 0 Å². The minimum atomic E-state index is 0.336. The molecular formula is C22H23N9O. The van der Waals surface area contributed by atoms with Crippen LogP contribution in [0, 0.1) is 0 Å². The molecular weight excluding hydrogens is 406 g/mol. The highest BCUT2D eigenvalue weighted by Crippen LogP contribution is 2.30. The minimum absolute atomic E-state index is 0.336. The largest absolute Gasteiger partial charge is 0.401 e. The van der Waals surface area contributed by atoms with E-state index in [2.05, 4.69) is 70.3 Å². The van der Waals surface area contributed by atoms with Crippen molar-refractivity contribution in [2.24, 2.45) is 0 Å². The lowest BCUT2D eigenvalue weighted by Gasteiger charge is -2.29. The van der Waals surface area contributed by atoms with Gasteiger partial charge in [-0.2, -0.15) is 15.4 Å². The fraction of sp³-hybridized carbons (Fsp3) is 0.364. The van der Waals surface area contributed by atoms with E-state index in [4.69, 9.17) is 4.42 Å². The van der Waals surface area contributed by atoms with Gasteiger partial charge < -0.3 is 14.6 Å². The van der Waals surface area contributed by atoms with E-state index in [-0.39, 0.29) is 0 Å². The minimum Gasteiger partial charge on any atom is -0.401 e. The Morgan fingerprint density at radius 2 is 1.75 bits per heavy atom. The van der Waals surface area contributed by atoms with Crippen LogP contribution in [0.3, 0.4) is 0 Å². The quantitative estimate of drug-likeness (QED) is 0.493. The van der Waals surface area contributed by atoms with Gasteiger partial charge in [0.15, 0.2) is 5.69 Å². The number of aromatic nitrogens is 7. The number of hydrogen-bond acceptors (Lipinski definition) is 9. The summed E-state index contributed by atoms with van der Waals surface area (Å²) in [6.45, 7) is 1.66. The van der Waals surface area contributed by atoms with E-state index >= 15 is 0 Å². The molecule has 1 aliphatic heterocycles. The molecule has 0 unspecified atom stereocenters. The predicted octanol–water partition coefficient (Wildman–Crippen LogP) is 2.61. The molecule has 0 amide bonds. The van der Waals surface area contributed by atoms with Gasteiger partial charge in [-0.15, -0.1) is 15.3 Å². The summed E-state index contributed by atoms with van der Waals surface area (Å²) in [5.41, 5.74) is 4.39. The van der Waals surface area contributed by atoms with Crippen molar-refractivity contribution in [2.45, 2.75) is 37.6 Å². The Balaban J connectivity index is 1.08. The molecule has 0 atom stereocenters. The molecule has 10 nitrogen and oxygen atoms in total. The van der Waals surface area contributed by atoms with Crippen molar-refractivity contribution in [3.8, 4) is 11.6 Å². The molecule has 4 aromatic rings. The summed E-state index contributed by atoms with van der Waals surface area (Å²) in [5.74, 6) is 1.54. The van der Waals surface area contributed by atoms with Crippen LogP contribution in [0.2, 0.25) is 0 Å². The van der Waals surface area contributed by atoms with Crippen LogP contribution in [-0.4, -0.2) is 54.9 Å². The number of aromatic amines is 1. The van der Waals surface area contributed by atoms with Crippen LogP contribution in [0.4, 0.5) is 11.8 Å². The first-order valence-corrected chi connectivity index (χ1v) is 10.9. The summed E-state index contributed by atoms with van der Waals surface area (Å²) in [7, 11) is 0. The highest BCUT2D eigenvalue weighted by molar-refractivity contribution is 5.50. The summed E-state index contributed by atoms with van der Waals surface area (Å²) in [4.78, 5) is 2.11. The fourth-order valence-corrected chi connectivity index (χ4v) is 4.61. The third kappa shape index (κ3) is 3.68. The molecule has 0 spiro atoms. The van der Waals surface area contributed by atoms with E-state index in [0.29, 0.717) is 29.6 Å². The van der Waals surface area contributed by atoms with Crippen molar-refractivity contribution in [1.82, 2.24) is 35.8 Å². The van der Waals surface area contributed by atoms with Gasteiger partial charge in [-0.25, -0.2) is 0 Å². The molecule has 1 fully saturated rings. The third-order valence-electron chi connectivity index (χ3n) is 6.32. The standard InChI is InChI=1S/C22H23N9O/c1-2-4-16-12-17(11-15(16)3-1)24-20-6-5-18(25-27-20)21-28-29-22(32-21)31-9-7-14(8-10-31)19-13-23-30-26-19/h1-6,13-14,17H,7-12H2,(H,24,27)(H,23,26,30). The van der Waals surface area contributed by atoms with Gasteiger partial charge in [-0.05, 0) is 48.9 Å². The maximum absolute atomic E-state index is 5.90. The topological polar surface area (TPSA) is 122 Å². The van der Waals surface area contributed by atoms with E-state index in [1.165, 1.54) is 11.1 Å². The summed E-state index contributed by atoms with van der Waals surface area (Å²) >= 11 is 0. The Bertz CT molecular complexity index is 1160. The second kappa shape index (κ2) is 8.03. The summed E-state index contributed by atoms with van der Waals surface area (Å²) in [6.07, 6.45) is 5.73. The zero-order valence-electron chi connectivity index (χ0n) is 17.5. The molecule has 32 heavy (non-hydrogen) atoms. The maximum atomic E-state index is 5.90. The van der Waals surface area contributed by atoms with Crippen LogP contribution in [0.1, 0.15) is 35.6 Å². The molecule has 6 rings (SSSR count). The van der Waals surface area contributed by atoms with Crippen molar-refractivity contribution in [2.75, 3.05) is 23.3 Å². The lowest BCUT2D eigenvalue weighted by Crippen LogP contribution is -2.33. The van der Waals surface area contributed by atoms with Gasteiger partial charge in [-0.1, -0.05) is 29.4 Å². The smallest absolute Gasteiger partial charge is 0.318 e. The monoisotopic (exact) mass is 429 g/mol. The Morgan fingerprint density at radius 3 is 2.44 bits per heavy atom. The van der Waals surface area contributed by atoms with Crippen LogP contribution >= 0.6 is 0 Å². The van der Waals surface area contributed by atoms with Crippen LogP contribution in [-0.2, 0) is 12.8 Å². The van der Waals surface area contributed by atoms with Gasteiger partial charge >= 0.3 is 6.01 Å². The predicted molar refractivity (Wildman–Crippen MR) is 117 cm³/mol. The van der Waals surface area contributed by atoms with Crippen LogP contribution < -0.4 is 10.2 Å². The van der Waals surface area contributed by atoms with E-state index in [1.807, 2.05) is 12.1 Å². The molecule has 0 bridgehead atoms. The number of fused-ring (bicyclic) bond motifs is 1. The molecule has 1 saturated heterocycles. The molecule has 2 N–H and O–H groups in total. The lowest BCUT2D eigenvalue weighted by molar-refractivity contribution is 0.456. The first kappa shape index (κ1) is 18.9. The Hall–Kier alpha value is -3.82. The second-order valence-corrected chi connectivity index (χ2v) is 8.37. The highest BCUT2D eigenvalue weighted by atomic mass is 16.4. The summed E-state index contributed by atoms with van der Waals surface area (Å²) in [5, 5.41) is 31.3. The Morgan fingerprint density at radius 1 is 0.938 bits per heavy atom. The number of nitrogens with one attached hydrogen (secondary N) is 2. The number of H-pyrrole nitrogens is 1. The lowest BCUT2D eigenvalue weighted by atomic mass is 9.94. The second-order valence-electron chi connectivity index (χ2n) is 8.37. The summed E-state index contributed by atoms with van der Waals surface area (Å²) in [6, 6.07) is 13.2. The molecule has 3 aromatic heterocycles. The van der Waals surface area contributed by atoms with Crippen molar-refractivity contribution >= 4 is 11.8 Å². The van der Waals surface area contributed by atoms with E-state index in [1.54, 1.807) is 6.20 Å². The molecule has 1 aliphatic carbocycles. The van der Waals surface area contributed by atoms with Gasteiger partial charge in [0.25, 0.3) is 5.89 Å². The zero-order chi connectivity index (χ0) is 21.3. The zero-order valence-corrected chi connectivity index (χ0v) is 17.5. The maximum Gasteiger partial charge on any atom is 0.318 e. The Kier molecular flexibility index (Phi) is 4.74. The van der Waals surface area contributed by atoms with Gasteiger partial charge in [0.2, 0.25) is 0 Å². The van der Waals surface area contributed by atoms with E-state index in [0.717, 1.165) is 50.3 Å². The molecule has 4 heterocycles. The molecule has 0 radical (unpaired) electrons. The normalized spacial score (nSPS) is 16.9. The fourth-order valence-electron chi connectivity index (χ4n) is 4.61. The SMILES string of the molecule is c1ccc2c(c1)CC(Nc1ccc(-c3nnc(N4CCC(c5cn[nH]n5)CC4)o3)nn1)C2. The number of benzene rings is 1. The third-order valence-corrected chi connectivity index (χ3v) is 6.32. The number of hydrogen-bond donors (Lipinski definition) is 2. The first-order chi connectivity index (χ1) is 15.8. The van der Waals surface area contributed by atoms with Gasteiger partial charge in [-0.3, -0.25) is 0 Å². The average Bonchev–Trinajstić information content (AvgIpc) is 3.60. The van der Waals surface area contributed by atoms with Crippen molar-refractivity contribution in [3.05, 3.63) is 59.4 Å². The number of anilines is 2. The number of rotatable bonds is 5. The summed E-state index contributed by atoms with van der Waals surface area (Å²) < 4.78 is 5.90. The first-order valence-electron chi connectivity index (χ1n) is 10.9. The molecule has 10 heteroatoms. The average molecular weight is 429 g/mol. The molecule has 1 aromatic carbocycles. The van der Waals surface area contributed by atoms with Gasteiger partial charge in [0.1, 0.15) is 5.82 Å². The molecule has 2 aliphatic rings. The molecule has 0 saturated carbocycles. The van der Waals surface area contributed by atoms with Crippen molar-refractivity contribution in [1.29, 1.82) is 0 Å². The molecule has 162 valence electrons. The van der Waals surface area contributed by atoms with Crippen LogP contribution in [0.15, 0.2) is 47.0 Å². The van der Waals surface area contributed by atoms with E-state index < -0.39 is 0 Å². The van der Waals surface area contributed by atoms with Crippen LogP contribution in [0.25, 0.3) is 11.6 Å². The number of nitrogens with zero attached hydrogens (tertiary/aromatic N) is 7. The van der Waals surface area contributed by atoms with Crippen molar-refractivity contribution in [3.63, 3.8) is 0 Å². The van der Waals surface area contributed by atoms with Crippen molar-refractivity contribution < 1.29 is 4.42 Å². The highest BCUT2D eigenvalue weighted by Gasteiger charge is 2.26. The van der Waals surface area contributed by atoms with Gasteiger partial charge in [0.05, 0.1) is 11.9 Å². The van der Waals surface area contributed by atoms with Crippen LogP contribution in [0.5, 0.6) is 0 Å². The number of piperidine rings is 1. The van der Waals surface area contributed by atoms with Gasteiger partial charge in [0, 0.05) is 25.0 Å². The Labute approximate surface area is 184 Å².